The van der Waals surface area contributed by atoms with Crippen molar-refractivity contribution in [2.45, 2.75) is 45.1 Å². The van der Waals surface area contributed by atoms with E-state index in [1.165, 1.54) is 24.8 Å². The first-order chi connectivity index (χ1) is 12.7. The van der Waals surface area contributed by atoms with E-state index < -0.39 is 0 Å². The summed E-state index contributed by atoms with van der Waals surface area (Å²) in [5, 5.41) is 7.81. The number of hydrogen-bond acceptors (Lipinski definition) is 3. The largest absolute Gasteiger partial charge is 0.463 e. The third-order valence-corrected chi connectivity index (χ3v) is 4.93. The molecule has 26 heavy (non-hydrogen) atoms. The zero-order valence-corrected chi connectivity index (χ0v) is 14.9. The first kappa shape index (κ1) is 16.6. The van der Waals surface area contributed by atoms with Gasteiger partial charge in [0.2, 0.25) is 0 Å². The van der Waals surface area contributed by atoms with Crippen LogP contribution in [0.25, 0.3) is 17.1 Å². The zero-order chi connectivity index (χ0) is 17.9. The van der Waals surface area contributed by atoms with Gasteiger partial charge in [-0.3, -0.25) is 4.79 Å². The third-order valence-electron chi connectivity index (χ3n) is 4.93. The van der Waals surface area contributed by atoms with Crippen molar-refractivity contribution in [1.29, 1.82) is 0 Å². The summed E-state index contributed by atoms with van der Waals surface area (Å²) in [6.07, 6.45) is 7.34. The van der Waals surface area contributed by atoms with Crippen LogP contribution in [0.2, 0.25) is 0 Å². The van der Waals surface area contributed by atoms with Crippen LogP contribution >= 0.6 is 0 Å². The van der Waals surface area contributed by atoms with Gasteiger partial charge < -0.3 is 9.73 Å². The highest BCUT2D eigenvalue weighted by Gasteiger charge is 2.22. The molecule has 0 bridgehead atoms. The molecule has 1 N–H and O–H groups in total. The average molecular weight is 349 g/mol. The number of hydrogen-bond donors (Lipinski definition) is 1. The Labute approximate surface area is 153 Å². The maximum atomic E-state index is 13.0. The predicted octanol–water partition coefficient (Wildman–Crippen LogP) is 4.50. The van der Waals surface area contributed by atoms with Crippen LogP contribution < -0.4 is 5.32 Å². The van der Waals surface area contributed by atoms with Crippen LogP contribution in [-0.4, -0.2) is 21.7 Å². The van der Waals surface area contributed by atoms with Crippen molar-refractivity contribution >= 4 is 5.91 Å². The smallest absolute Gasteiger partial charge is 0.270 e. The van der Waals surface area contributed by atoms with Gasteiger partial charge in [0.25, 0.3) is 5.91 Å². The van der Waals surface area contributed by atoms with Gasteiger partial charge in [0.05, 0.1) is 12.0 Å². The Balaban J connectivity index is 1.69. The van der Waals surface area contributed by atoms with E-state index in [2.05, 4.69) is 10.4 Å². The van der Waals surface area contributed by atoms with Crippen molar-refractivity contribution in [3.8, 4) is 17.1 Å². The lowest BCUT2D eigenvalue weighted by Gasteiger charge is -2.22. The van der Waals surface area contributed by atoms with Crippen LogP contribution in [0.1, 0.15) is 48.2 Å². The molecule has 3 aromatic rings. The molecule has 1 aliphatic rings. The Morgan fingerprint density at radius 2 is 1.92 bits per heavy atom. The number of carbonyl (C=O) groups is 1. The number of rotatable bonds is 4. The van der Waals surface area contributed by atoms with Gasteiger partial charge in [-0.05, 0) is 44.0 Å². The highest BCUT2D eigenvalue weighted by Crippen LogP contribution is 2.23. The molecule has 134 valence electrons. The molecule has 5 heteroatoms. The molecule has 0 spiro atoms. The van der Waals surface area contributed by atoms with Crippen molar-refractivity contribution in [3.63, 3.8) is 0 Å². The minimum Gasteiger partial charge on any atom is -0.463 e. The summed E-state index contributed by atoms with van der Waals surface area (Å²) in [6.45, 7) is 2.04. The van der Waals surface area contributed by atoms with E-state index >= 15 is 0 Å². The monoisotopic (exact) mass is 349 g/mol. The number of carbonyl (C=O) groups excluding carboxylic acids is 1. The molecule has 0 atom stereocenters. The van der Waals surface area contributed by atoms with Crippen LogP contribution in [0, 0.1) is 6.92 Å². The third kappa shape index (κ3) is 3.43. The summed E-state index contributed by atoms with van der Waals surface area (Å²) in [5.74, 6) is 0.574. The SMILES string of the molecule is Cc1ccc(-n2nc(-c3ccco3)cc2C(=O)NC2CCCCC2)cc1. The van der Waals surface area contributed by atoms with Crippen molar-refractivity contribution in [3.05, 3.63) is 60.0 Å². The van der Waals surface area contributed by atoms with Gasteiger partial charge in [-0.25, -0.2) is 4.68 Å². The summed E-state index contributed by atoms with van der Waals surface area (Å²) in [7, 11) is 0. The van der Waals surface area contributed by atoms with Gasteiger partial charge in [-0.2, -0.15) is 5.10 Å². The van der Waals surface area contributed by atoms with Gasteiger partial charge in [0.1, 0.15) is 11.4 Å². The van der Waals surface area contributed by atoms with E-state index in [0.29, 0.717) is 17.1 Å². The first-order valence-electron chi connectivity index (χ1n) is 9.22. The zero-order valence-electron chi connectivity index (χ0n) is 14.9. The second kappa shape index (κ2) is 7.20. The Kier molecular flexibility index (Phi) is 4.61. The van der Waals surface area contributed by atoms with Crippen LogP contribution in [0.4, 0.5) is 0 Å². The Morgan fingerprint density at radius 1 is 1.15 bits per heavy atom. The standard InChI is InChI=1S/C21H23N3O2/c1-15-9-11-17(12-10-15)24-19(14-18(23-24)20-8-5-13-26-20)21(25)22-16-6-3-2-4-7-16/h5,8-14,16H,2-4,6-7H2,1H3,(H,22,25). The van der Waals surface area contributed by atoms with Crippen LogP contribution in [0.5, 0.6) is 0 Å². The average Bonchev–Trinajstić information content (AvgIpc) is 3.33. The molecule has 1 saturated carbocycles. The Bertz CT molecular complexity index is 873. The summed E-state index contributed by atoms with van der Waals surface area (Å²) in [6, 6.07) is 13.7. The normalized spacial score (nSPS) is 15.1. The minimum absolute atomic E-state index is 0.0808. The molecular formula is C21H23N3O2. The van der Waals surface area contributed by atoms with Gasteiger partial charge in [0, 0.05) is 12.1 Å². The molecular weight excluding hydrogens is 326 g/mol. The molecule has 0 unspecified atom stereocenters. The fourth-order valence-electron chi connectivity index (χ4n) is 3.48. The minimum atomic E-state index is -0.0808. The predicted molar refractivity (Wildman–Crippen MR) is 100 cm³/mol. The molecule has 2 aromatic heterocycles. The van der Waals surface area contributed by atoms with Gasteiger partial charge in [0.15, 0.2) is 5.76 Å². The molecule has 1 aliphatic carbocycles. The molecule has 1 fully saturated rings. The van der Waals surface area contributed by atoms with E-state index in [-0.39, 0.29) is 11.9 Å². The van der Waals surface area contributed by atoms with Crippen molar-refractivity contribution in [1.82, 2.24) is 15.1 Å². The number of aryl methyl sites for hydroxylation is 1. The van der Waals surface area contributed by atoms with Gasteiger partial charge in [-0.15, -0.1) is 0 Å². The fraction of sp³-hybridized carbons (Fsp3) is 0.333. The number of nitrogens with zero attached hydrogens (tertiary/aromatic N) is 2. The van der Waals surface area contributed by atoms with E-state index in [4.69, 9.17) is 4.42 Å². The van der Waals surface area contributed by atoms with Crippen LogP contribution in [0.3, 0.4) is 0 Å². The number of nitrogens with one attached hydrogen (secondary N) is 1. The van der Waals surface area contributed by atoms with E-state index in [1.54, 1.807) is 17.0 Å². The van der Waals surface area contributed by atoms with Gasteiger partial charge >= 0.3 is 0 Å². The van der Waals surface area contributed by atoms with Crippen LogP contribution in [-0.2, 0) is 0 Å². The number of benzene rings is 1. The lowest BCUT2D eigenvalue weighted by Crippen LogP contribution is -2.37. The molecule has 2 heterocycles. The second-order valence-electron chi connectivity index (χ2n) is 6.95. The number of furan rings is 1. The van der Waals surface area contributed by atoms with E-state index in [9.17, 15) is 4.79 Å². The molecule has 1 aromatic carbocycles. The summed E-state index contributed by atoms with van der Waals surface area (Å²) < 4.78 is 7.17. The summed E-state index contributed by atoms with van der Waals surface area (Å²) >= 11 is 0. The fourth-order valence-corrected chi connectivity index (χ4v) is 3.48. The topological polar surface area (TPSA) is 60.1 Å². The maximum absolute atomic E-state index is 13.0. The number of aromatic nitrogens is 2. The number of amides is 1. The second-order valence-corrected chi connectivity index (χ2v) is 6.95. The molecule has 0 saturated heterocycles. The van der Waals surface area contributed by atoms with E-state index in [1.807, 2.05) is 43.3 Å². The maximum Gasteiger partial charge on any atom is 0.270 e. The lowest BCUT2D eigenvalue weighted by molar-refractivity contribution is 0.0920. The Hall–Kier alpha value is -2.82. The quantitative estimate of drug-likeness (QED) is 0.754. The van der Waals surface area contributed by atoms with E-state index in [0.717, 1.165) is 18.5 Å². The van der Waals surface area contributed by atoms with Crippen LogP contribution in [0.15, 0.2) is 53.1 Å². The molecule has 1 amide bonds. The molecule has 5 nitrogen and oxygen atoms in total. The summed E-state index contributed by atoms with van der Waals surface area (Å²) in [4.78, 5) is 13.0. The van der Waals surface area contributed by atoms with Crippen molar-refractivity contribution < 1.29 is 9.21 Å². The lowest BCUT2D eigenvalue weighted by atomic mass is 9.95. The summed E-state index contributed by atoms with van der Waals surface area (Å²) in [5.41, 5.74) is 3.22. The first-order valence-corrected chi connectivity index (χ1v) is 9.22. The molecule has 0 aliphatic heterocycles. The molecule has 0 radical (unpaired) electrons. The molecule has 4 rings (SSSR count). The van der Waals surface area contributed by atoms with Crippen molar-refractivity contribution in [2.24, 2.45) is 0 Å². The highest BCUT2D eigenvalue weighted by atomic mass is 16.3. The highest BCUT2D eigenvalue weighted by molar-refractivity contribution is 5.94. The van der Waals surface area contributed by atoms with Gasteiger partial charge in [-0.1, -0.05) is 37.0 Å². The van der Waals surface area contributed by atoms with Crippen molar-refractivity contribution in [2.75, 3.05) is 0 Å². The Morgan fingerprint density at radius 3 is 2.62 bits per heavy atom.